The Hall–Kier alpha value is -2.11. The van der Waals surface area contributed by atoms with Gasteiger partial charge in [-0.2, -0.15) is 5.10 Å². The van der Waals surface area contributed by atoms with Gasteiger partial charge in [0.15, 0.2) is 0 Å². The first-order valence-electron chi connectivity index (χ1n) is 6.31. The molecule has 1 aromatic carbocycles. The van der Waals surface area contributed by atoms with E-state index in [1.165, 1.54) is 11.3 Å². The van der Waals surface area contributed by atoms with Crippen LogP contribution in [0.2, 0.25) is 4.34 Å². The van der Waals surface area contributed by atoms with Gasteiger partial charge in [0.05, 0.1) is 20.5 Å². The fraction of sp³-hybridized carbons (Fsp3) is 0.0667. The number of fused-ring (bicyclic) bond motifs is 1. The van der Waals surface area contributed by atoms with Crippen LogP contribution in [0.15, 0.2) is 47.7 Å². The fourth-order valence-corrected chi connectivity index (χ4v) is 3.01. The molecule has 3 rings (SSSR count). The molecular weight excluding hydrogens is 306 g/mol. The van der Waals surface area contributed by atoms with Crippen LogP contribution in [0.25, 0.3) is 10.9 Å². The summed E-state index contributed by atoms with van der Waals surface area (Å²) in [5, 5.41) is 5.00. The Labute approximate surface area is 130 Å². The lowest BCUT2D eigenvalue weighted by Gasteiger charge is -2.00. The number of hydrazone groups is 1. The molecule has 0 saturated heterocycles. The van der Waals surface area contributed by atoms with Gasteiger partial charge in [0, 0.05) is 17.1 Å². The van der Waals surface area contributed by atoms with E-state index in [-0.39, 0.29) is 5.91 Å². The maximum atomic E-state index is 12.2. The molecule has 21 heavy (non-hydrogen) atoms. The number of thiophene rings is 1. The van der Waals surface area contributed by atoms with Crippen LogP contribution in [0.1, 0.15) is 22.2 Å². The van der Waals surface area contributed by atoms with Gasteiger partial charge >= 0.3 is 0 Å². The Morgan fingerprint density at radius 1 is 1.29 bits per heavy atom. The summed E-state index contributed by atoms with van der Waals surface area (Å²) in [6.45, 7) is 1.83. The van der Waals surface area contributed by atoms with Crippen molar-refractivity contribution in [3.05, 3.63) is 57.4 Å². The minimum atomic E-state index is -0.241. The molecule has 2 heterocycles. The monoisotopic (exact) mass is 317 g/mol. The van der Waals surface area contributed by atoms with Gasteiger partial charge in [-0.1, -0.05) is 29.8 Å². The average Bonchev–Trinajstić information content (AvgIpc) is 3.10. The van der Waals surface area contributed by atoms with E-state index in [2.05, 4.69) is 15.5 Å². The van der Waals surface area contributed by atoms with E-state index in [9.17, 15) is 4.79 Å². The number of hydrogen-bond donors (Lipinski definition) is 2. The molecule has 0 bridgehead atoms. The summed E-state index contributed by atoms with van der Waals surface area (Å²) in [6.07, 6.45) is 1.69. The van der Waals surface area contributed by atoms with Crippen LogP contribution < -0.4 is 5.43 Å². The molecule has 0 saturated carbocycles. The lowest BCUT2D eigenvalue weighted by molar-refractivity contribution is 0.0956. The smallest absolute Gasteiger partial charge is 0.273 e. The van der Waals surface area contributed by atoms with Crippen LogP contribution in [0.4, 0.5) is 0 Å². The number of carbonyl (C=O) groups is 1. The number of aromatic amines is 1. The first-order valence-corrected chi connectivity index (χ1v) is 7.51. The lowest BCUT2D eigenvalue weighted by atomic mass is 10.2. The Bertz CT molecular complexity index is 834. The molecule has 1 amide bonds. The van der Waals surface area contributed by atoms with Crippen molar-refractivity contribution < 1.29 is 4.79 Å². The maximum Gasteiger partial charge on any atom is 0.273 e. The largest absolute Gasteiger partial charge is 0.360 e. The predicted octanol–water partition coefficient (Wildman–Crippen LogP) is 4.04. The van der Waals surface area contributed by atoms with Crippen LogP contribution in [0.5, 0.6) is 0 Å². The van der Waals surface area contributed by atoms with E-state index in [0.29, 0.717) is 9.90 Å². The molecule has 0 spiro atoms. The SMILES string of the molecule is CC(=NNC(=O)c1c[nH]c2ccccc12)c1ccc(Cl)s1. The molecule has 0 unspecified atom stereocenters. The van der Waals surface area contributed by atoms with Crippen molar-refractivity contribution >= 4 is 45.5 Å². The Kier molecular flexibility index (Phi) is 3.77. The van der Waals surface area contributed by atoms with Crippen molar-refractivity contribution in [2.75, 3.05) is 0 Å². The summed E-state index contributed by atoms with van der Waals surface area (Å²) in [4.78, 5) is 16.2. The normalized spacial score (nSPS) is 11.8. The summed E-state index contributed by atoms with van der Waals surface area (Å²) >= 11 is 7.31. The van der Waals surface area contributed by atoms with Crippen LogP contribution in [-0.2, 0) is 0 Å². The zero-order chi connectivity index (χ0) is 14.8. The zero-order valence-electron chi connectivity index (χ0n) is 11.2. The number of halogens is 1. The molecular formula is C15H12ClN3OS. The quantitative estimate of drug-likeness (QED) is 0.556. The lowest BCUT2D eigenvalue weighted by Crippen LogP contribution is -2.18. The highest BCUT2D eigenvalue weighted by atomic mass is 35.5. The van der Waals surface area contributed by atoms with E-state index in [1.807, 2.05) is 43.3 Å². The third-order valence-corrected chi connectivity index (χ3v) is 4.43. The second kappa shape index (κ2) is 5.71. The fourth-order valence-electron chi connectivity index (χ4n) is 2.02. The highest BCUT2D eigenvalue weighted by Crippen LogP contribution is 2.22. The van der Waals surface area contributed by atoms with E-state index < -0.39 is 0 Å². The topological polar surface area (TPSA) is 57.2 Å². The number of H-pyrrole nitrogens is 1. The van der Waals surface area contributed by atoms with E-state index in [4.69, 9.17) is 11.6 Å². The number of hydrogen-bond acceptors (Lipinski definition) is 3. The van der Waals surface area contributed by atoms with Crippen LogP contribution in [0.3, 0.4) is 0 Å². The van der Waals surface area contributed by atoms with E-state index in [1.54, 1.807) is 6.20 Å². The standard InChI is InChI=1S/C15H12ClN3OS/c1-9(13-6-7-14(16)21-13)18-19-15(20)11-8-17-12-5-3-2-4-10(11)12/h2-8,17H,1H3,(H,19,20). The number of carbonyl (C=O) groups excluding carboxylic acids is 1. The molecule has 0 radical (unpaired) electrons. The molecule has 106 valence electrons. The van der Waals surface area contributed by atoms with Gasteiger partial charge < -0.3 is 4.98 Å². The second-order valence-electron chi connectivity index (χ2n) is 4.49. The highest BCUT2D eigenvalue weighted by molar-refractivity contribution is 7.18. The summed E-state index contributed by atoms with van der Waals surface area (Å²) in [7, 11) is 0. The van der Waals surface area contributed by atoms with Crippen LogP contribution >= 0.6 is 22.9 Å². The summed E-state index contributed by atoms with van der Waals surface area (Å²) < 4.78 is 0.697. The third-order valence-electron chi connectivity index (χ3n) is 3.09. The highest BCUT2D eigenvalue weighted by Gasteiger charge is 2.11. The molecule has 0 atom stereocenters. The molecule has 6 heteroatoms. The maximum absolute atomic E-state index is 12.2. The van der Waals surface area contributed by atoms with Crippen molar-refractivity contribution in [2.45, 2.75) is 6.92 Å². The third kappa shape index (κ3) is 2.84. The number of benzene rings is 1. The molecule has 0 aliphatic heterocycles. The first kappa shape index (κ1) is 13.9. The molecule has 0 fully saturated rings. The van der Waals surface area contributed by atoms with Crippen molar-refractivity contribution in [1.29, 1.82) is 0 Å². The number of amides is 1. The molecule has 0 aliphatic carbocycles. The van der Waals surface area contributed by atoms with Crippen LogP contribution in [-0.4, -0.2) is 16.6 Å². The first-order chi connectivity index (χ1) is 10.1. The number of nitrogens with one attached hydrogen (secondary N) is 2. The number of nitrogens with zero attached hydrogens (tertiary/aromatic N) is 1. The van der Waals surface area contributed by atoms with Crippen molar-refractivity contribution in [1.82, 2.24) is 10.4 Å². The van der Waals surface area contributed by atoms with Crippen molar-refractivity contribution in [2.24, 2.45) is 5.10 Å². The summed E-state index contributed by atoms with van der Waals surface area (Å²) in [6, 6.07) is 11.3. The molecule has 0 aliphatic rings. The molecule has 2 aromatic heterocycles. The van der Waals surface area contributed by atoms with Crippen molar-refractivity contribution in [3.63, 3.8) is 0 Å². The van der Waals surface area contributed by atoms with E-state index in [0.717, 1.165) is 21.5 Å². The van der Waals surface area contributed by atoms with E-state index >= 15 is 0 Å². The van der Waals surface area contributed by atoms with Gasteiger partial charge in [-0.25, -0.2) is 5.43 Å². The van der Waals surface area contributed by atoms with Crippen LogP contribution in [0, 0.1) is 0 Å². The molecule has 3 aromatic rings. The number of rotatable bonds is 3. The number of aromatic nitrogens is 1. The van der Waals surface area contributed by atoms with Crippen molar-refractivity contribution in [3.8, 4) is 0 Å². The molecule has 4 nitrogen and oxygen atoms in total. The van der Waals surface area contributed by atoms with Gasteiger partial charge in [-0.15, -0.1) is 11.3 Å². The minimum absolute atomic E-state index is 0.241. The van der Waals surface area contributed by atoms with Gasteiger partial charge in [-0.05, 0) is 25.1 Å². The second-order valence-corrected chi connectivity index (χ2v) is 6.20. The summed E-state index contributed by atoms with van der Waals surface area (Å²) in [5.41, 5.74) is 4.80. The molecule has 2 N–H and O–H groups in total. The average molecular weight is 318 g/mol. The Morgan fingerprint density at radius 3 is 2.86 bits per heavy atom. The Morgan fingerprint density at radius 2 is 2.10 bits per heavy atom. The predicted molar refractivity (Wildman–Crippen MR) is 87.3 cm³/mol. The van der Waals surface area contributed by atoms with Gasteiger partial charge in [0.25, 0.3) is 5.91 Å². The van der Waals surface area contributed by atoms with Gasteiger partial charge in [0.1, 0.15) is 0 Å². The minimum Gasteiger partial charge on any atom is -0.360 e. The van der Waals surface area contributed by atoms with Gasteiger partial charge in [-0.3, -0.25) is 4.79 Å². The summed E-state index contributed by atoms with van der Waals surface area (Å²) in [5.74, 6) is -0.241. The Balaban J connectivity index is 1.80. The zero-order valence-corrected chi connectivity index (χ0v) is 12.8. The van der Waals surface area contributed by atoms with Gasteiger partial charge in [0.2, 0.25) is 0 Å². The number of para-hydroxylation sites is 1.